The summed E-state index contributed by atoms with van der Waals surface area (Å²) in [4.78, 5) is 10.8. The third-order valence-corrected chi connectivity index (χ3v) is 3.41. The molecule has 0 amide bonds. The molecule has 0 radical (unpaired) electrons. The van der Waals surface area contributed by atoms with Crippen molar-refractivity contribution < 1.29 is 23.9 Å². The lowest BCUT2D eigenvalue weighted by Crippen LogP contribution is -1.97. The van der Waals surface area contributed by atoms with Crippen LogP contribution in [0.25, 0.3) is 11.3 Å². The number of hydrogen-bond donors (Lipinski definition) is 1. The number of aromatic nitrogens is 1. The summed E-state index contributed by atoms with van der Waals surface area (Å²) in [5, 5.41) is 12.6. The average molecular weight is 340 g/mol. The van der Waals surface area contributed by atoms with Gasteiger partial charge < -0.3 is 19.1 Å². The maximum atomic E-state index is 10.8. The van der Waals surface area contributed by atoms with Crippen LogP contribution in [-0.2, 0) is 0 Å². The summed E-state index contributed by atoms with van der Waals surface area (Å²) in [6.07, 6.45) is 0.809. The molecule has 2 aromatic rings. The Hall–Kier alpha value is -2.02. The Morgan fingerprint density at radius 1 is 1.25 bits per heavy atom. The molecule has 1 aromatic carbocycles. The number of rotatable bonds is 2. The van der Waals surface area contributed by atoms with Crippen molar-refractivity contribution in [1.29, 1.82) is 0 Å². The van der Waals surface area contributed by atoms with E-state index in [1.807, 2.05) is 0 Å². The van der Waals surface area contributed by atoms with Crippen LogP contribution >= 0.6 is 15.9 Å². The normalized spacial score (nSPS) is 13.8. The van der Waals surface area contributed by atoms with Crippen LogP contribution in [0.1, 0.15) is 17.0 Å². The molecule has 0 spiro atoms. The second-order valence-electron chi connectivity index (χ2n) is 4.22. The Morgan fingerprint density at radius 2 is 2.05 bits per heavy atom. The third-order valence-electron chi connectivity index (χ3n) is 2.82. The zero-order valence-electron chi connectivity index (χ0n) is 10.3. The van der Waals surface area contributed by atoms with Crippen molar-refractivity contribution in [2.24, 2.45) is 0 Å². The monoisotopic (exact) mass is 339 g/mol. The van der Waals surface area contributed by atoms with E-state index in [9.17, 15) is 4.79 Å². The van der Waals surface area contributed by atoms with Crippen LogP contribution < -0.4 is 9.47 Å². The molecule has 20 heavy (non-hydrogen) atoms. The van der Waals surface area contributed by atoms with Crippen molar-refractivity contribution in [1.82, 2.24) is 5.16 Å². The van der Waals surface area contributed by atoms with E-state index in [4.69, 9.17) is 19.1 Å². The standard InChI is InChI=1S/C13H10BrNO5/c14-8-4-7(9-6-11(13(16)17)20-15-9)5-10-12(8)19-3-1-2-18-10/h4-6H,1-3H2,(H,16,17). The minimum Gasteiger partial charge on any atom is -0.489 e. The highest BCUT2D eigenvalue weighted by Gasteiger charge is 2.18. The zero-order chi connectivity index (χ0) is 14.1. The van der Waals surface area contributed by atoms with Crippen LogP contribution in [0.15, 0.2) is 27.2 Å². The van der Waals surface area contributed by atoms with Crippen LogP contribution in [0.3, 0.4) is 0 Å². The molecule has 104 valence electrons. The first kappa shape index (κ1) is 13.0. The number of carboxylic acids is 1. The molecule has 6 nitrogen and oxygen atoms in total. The van der Waals surface area contributed by atoms with E-state index in [1.54, 1.807) is 12.1 Å². The van der Waals surface area contributed by atoms with Crippen molar-refractivity contribution in [3.8, 4) is 22.8 Å². The zero-order valence-corrected chi connectivity index (χ0v) is 11.8. The fraction of sp³-hybridized carbons (Fsp3) is 0.231. The number of halogens is 1. The highest BCUT2D eigenvalue weighted by Crippen LogP contribution is 2.40. The van der Waals surface area contributed by atoms with Gasteiger partial charge in [-0.25, -0.2) is 4.79 Å². The van der Waals surface area contributed by atoms with Crippen LogP contribution in [0, 0.1) is 0 Å². The highest BCUT2D eigenvalue weighted by molar-refractivity contribution is 9.10. The van der Waals surface area contributed by atoms with Gasteiger partial charge in [-0.15, -0.1) is 0 Å². The first-order chi connectivity index (χ1) is 9.65. The predicted octanol–water partition coefficient (Wildman–Crippen LogP) is 2.96. The Kier molecular flexibility index (Phi) is 3.35. The van der Waals surface area contributed by atoms with Crippen LogP contribution in [0.5, 0.6) is 11.5 Å². The maximum absolute atomic E-state index is 10.8. The first-order valence-corrected chi connectivity index (χ1v) is 6.74. The molecule has 3 rings (SSSR count). The van der Waals surface area contributed by atoms with Gasteiger partial charge >= 0.3 is 5.97 Å². The van der Waals surface area contributed by atoms with Gasteiger partial charge in [0.15, 0.2) is 11.5 Å². The number of carboxylic acid groups (broad SMARTS) is 1. The summed E-state index contributed by atoms with van der Waals surface area (Å²) < 4.78 is 16.7. The molecule has 0 atom stereocenters. The van der Waals surface area contributed by atoms with Crippen molar-refractivity contribution in [2.75, 3.05) is 13.2 Å². The molecular formula is C13H10BrNO5. The fourth-order valence-electron chi connectivity index (χ4n) is 1.89. The third kappa shape index (κ3) is 2.36. The van der Waals surface area contributed by atoms with Gasteiger partial charge in [0.2, 0.25) is 5.76 Å². The van der Waals surface area contributed by atoms with Crippen molar-refractivity contribution in [3.63, 3.8) is 0 Å². The summed E-state index contributed by atoms with van der Waals surface area (Å²) in [6, 6.07) is 4.92. The van der Waals surface area contributed by atoms with E-state index in [-0.39, 0.29) is 5.76 Å². The topological polar surface area (TPSA) is 81.8 Å². The van der Waals surface area contributed by atoms with Gasteiger partial charge in [-0.3, -0.25) is 0 Å². The van der Waals surface area contributed by atoms with Gasteiger partial charge in [0.25, 0.3) is 0 Å². The summed E-state index contributed by atoms with van der Waals surface area (Å²) in [5.41, 5.74) is 1.12. The summed E-state index contributed by atoms with van der Waals surface area (Å²) in [6.45, 7) is 1.17. The van der Waals surface area contributed by atoms with E-state index in [0.29, 0.717) is 36.0 Å². The van der Waals surface area contributed by atoms with Crippen molar-refractivity contribution >= 4 is 21.9 Å². The number of hydrogen-bond acceptors (Lipinski definition) is 5. The average Bonchev–Trinajstić information content (AvgIpc) is 2.79. The minimum absolute atomic E-state index is 0.205. The quantitative estimate of drug-likeness (QED) is 0.905. The van der Waals surface area contributed by atoms with Crippen LogP contribution in [-0.4, -0.2) is 29.4 Å². The Labute approximate surface area is 122 Å². The molecule has 0 saturated carbocycles. The highest BCUT2D eigenvalue weighted by atomic mass is 79.9. The first-order valence-electron chi connectivity index (χ1n) is 5.94. The molecule has 1 aliphatic heterocycles. The number of aromatic carboxylic acids is 1. The summed E-state index contributed by atoms with van der Waals surface area (Å²) >= 11 is 3.42. The predicted molar refractivity (Wildman–Crippen MR) is 72.2 cm³/mol. The number of carbonyl (C=O) groups is 1. The molecule has 0 fully saturated rings. The van der Waals surface area contributed by atoms with E-state index in [0.717, 1.165) is 10.9 Å². The largest absolute Gasteiger partial charge is 0.489 e. The molecule has 1 aromatic heterocycles. The van der Waals surface area contributed by atoms with Gasteiger partial charge in [-0.05, 0) is 28.1 Å². The van der Waals surface area contributed by atoms with Crippen LogP contribution in [0.2, 0.25) is 0 Å². The smallest absolute Gasteiger partial charge is 0.374 e. The number of benzene rings is 1. The van der Waals surface area contributed by atoms with Gasteiger partial charge in [-0.2, -0.15) is 0 Å². The van der Waals surface area contributed by atoms with Gasteiger partial charge in [0.05, 0.1) is 17.7 Å². The van der Waals surface area contributed by atoms with Crippen molar-refractivity contribution in [3.05, 3.63) is 28.4 Å². The molecule has 7 heteroatoms. The van der Waals surface area contributed by atoms with Gasteiger partial charge in [0.1, 0.15) is 5.69 Å². The molecule has 2 heterocycles. The fourth-order valence-corrected chi connectivity index (χ4v) is 2.45. The van der Waals surface area contributed by atoms with E-state index in [1.165, 1.54) is 6.07 Å². The SMILES string of the molecule is O=C(O)c1cc(-c2cc(Br)c3c(c2)OCCCO3)no1. The van der Waals surface area contributed by atoms with Gasteiger partial charge in [-0.1, -0.05) is 5.16 Å². The molecule has 1 aliphatic rings. The van der Waals surface area contributed by atoms with E-state index in [2.05, 4.69) is 21.1 Å². The van der Waals surface area contributed by atoms with Crippen molar-refractivity contribution in [2.45, 2.75) is 6.42 Å². The lowest BCUT2D eigenvalue weighted by molar-refractivity contribution is 0.0652. The Morgan fingerprint density at radius 3 is 2.80 bits per heavy atom. The lowest BCUT2D eigenvalue weighted by Gasteiger charge is -2.10. The molecule has 0 unspecified atom stereocenters. The summed E-state index contributed by atoms with van der Waals surface area (Å²) in [7, 11) is 0. The van der Waals surface area contributed by atoms with Gasteiger partial charge in [0, 0.05) is 18.1 Å². The maximum Gasteiger partial charge on any atom is 0.374 e. The number of ether oxygens (including phenoxy) is 2. The van der Waals surface area contributed by atoms with E-state index >= 15 is 0 Å². The molecular weight excluding hydrogens is 330 g/mol. The van der Waals surface area contributed by atoms with E-state index < -0.39 is 5.97 Å². The second-order valence-corrected chi connectivity index (χ2v) is 5.07. The molecule has 0 saturated heterocycles. The summed E-state index contributed by atoms with van der Waals surface area (Å²) in [5.74, 6) is -0.111. The molecule has 0 aliphatic carbocycles. The second kappa shape index (κ2) is 5.16. The Bertz CT molecular complexity index is 667. The Balaban J connectivity index is 2.03. The van der Waals surface area contributed by atoms with Crippen LogP contribution in [0.4, 0.5) is 0 Å². The molecule has 0 bridgehead atoms. The number of fused-ring (bicyclic) bond motifs is 1. The number of nitrogens with zero attached hydrogens (tertiary/aromatic N) is 1. The lowest BCUT2D eigenvalue weighted by atomic mass is 10.1. The minimum atomic E-state index is -1.16. The molecule has 1 N–H and O–H groups in total.